The molecule has 1 N–H and O–H groups in total. The van der Waals surface area contributed by atoms with Crippen LogP contribution >= 0.6 is 12.4 Å². The van der Waals surface area contributed by atoms with Crippen LogP contribution in [0.2, 0.25) is 0 Å². The average Bonchev–Trinajstić information content (AvgIpc) is 2.13. The smallest absolute Gasteiger partial charge is 0.0235 e. The van der Waals surface area contributed by atoms with Gasteiger partial charge in [0.15, 0.2) is 0 Å². The Bertz CT molecular complexity index is 362. The van der Waals surface area contributed by atoms with Crippen molar-refractivity contribution >= 4 is 12.4 Å². The maximum Gasteiger partial charge on any atom is 0.0235 e. The second kappa shape index (κ2) is 6.55. The van der Waals surface area contributed by atoms with Gasteiger partial charge in [-0.1, -0.05) is 29.3 Å². The fraction of sp³-hybridized carbons (Fsp3) is 0.600. The van der Waals surface area contributed by atoms with Crippen LogP contribution in [0.25, 0.3) is 0 Å². The van der Waals surface area contributed by atoms with Crippen molar-refractivity contribution < 1.29 is 0 Å². The van der Waals surface area contributed by atoms with Crippen LogP contribution in [0, 0.1) is 13.8 Å². The molecule has 1 aromatic carbocycles. The Kier molecular flexibility index (Phi) is 5.64. The molecule has 0 radical (unpaired) electrons. The molecule has 2 rings (SSSR count). The van der Waals surface area contributed by atoms with Gasteiger partial charge in [0.2, 0.25) is 0 Å². The summed E-state index contributed by atoms with van der Waals surface area (Å²) in [4.78, 5) is 2.56. The second-order valence-corrected chi connectivity index (χ2v) is 5.66. The van der Waals surface area contributed by atoms with Gasteiger partial charge in [0.1, 0.15) is 0 Å². The van der Waals surface area contributed by atoms with Crippen LogP contribution in [0.5, 0.6) is 0 Å². The van der Waals surface area contributed by atoms with Crippen molar-refractivity contribution in [1.29, 1.82) is 0 Å². The summed E-state index contributed by atoms with van der Waals surface area (Å²) in [7, 11) is 0. The number of hydrogen-bond acceptors (Lipinski definition) is 2. The van der Waals surface area contributed by atoms with Crippen LogP contribution in [-0.2, 0) is 6.54 Å². The van der Waals surface area contributed by atoms with Gasteiger partial charge in [-0.25, -0.2) is 0 Å². The van der Waals surface area contributed by atoms with E-state index >= 15 is 0 Å². The highest BCUT2D eigenvalue weighted by molar-refractivity contribution is 5.85. The Labute approximate surface area is 117 Å². The summed E-state index contributed by atoms with van der Waals surface area (Å²) < 4.78 is 0. The molecule has 2 unspecified atom stereocenters. The molecule has 1 saturated heterocycles. The lowest BCUT2D eigenvalue weighted by Gasteiger charge is -2.36. The number of hydrogen-bond donors (Lipinski definition) is 1. The number of benzene rings is 1. The predicted molar refractivity (Wildman–Crippen MR) is 80.5 cm³/mol. The maximum atomic E-state index is 3.58. The Morgan fingerprint density at radius 1 is 1.06 bits per heavy atom. The standard InChI is InChI=1S/C15H24N2.ClH/c1-11-5-12(2)7-15(6-11)10-17-8-13(3)16-14(4)9-17;/h5-7,13-14,16H,8-10H2,1-4H3;1H. The van der Waals surface area contributed by atoms with Gasteiger partial charge in [-0.05, 0) is 33.3 Å². The van der Waals surface area contributed by atoms with Crippen molar-refractivity contribution in [3.8, 4) is 0 Å². The quantitative estimate of drug-likeness (QED) is 0.887. The number of rotatable bonds is 2. The first-order chi connectivity index (χ1) is 8.02. The molecule has 1 aliphatic heterocycles. The molecule has 0 aromatic heterocycles. The zero-order valence-electron chi connectivity index (χ0n) is 11.9. The molecule has 0 saturated carbocycles. The number of piperazine rings is 1. The fourth-order valence-corrected chi connectivity index (χ4v) is 2.99. The second-order valence-electron chi connectivity index (χ2n) is 5.66. The molecule has 0 amide bonds. The van der Waals surface area contributed by atoms with E-state index in [1.54, 1.807) is 0 Å². The third-order valence-electron chi connectivity index (χ3n) is 3.32. The molecule has 1 fully saturated rings. The Morgan fingerprint density at radius 3 is 2.06 bits per heavy atom. The highest BCUT2D eigenvalue weighted by atomic mass is 35.5. The molecular weight excluding hydrogens is 244 g/mol. The first-order valence-electron chi connectivity index (χ1n) is 6.58. The topological polar surface area (TPSA) is 15.3 Å². The van der Waals surface area contributed by atoms with Crippen molar-refractivity contribution in [2.75, 3.05) is 13.1 Å². The number of nitrogens with zero attached hydrogens (tertiary/aromatic N) is 1. The molecule has 2 atom stereocenters. The molecule has 3 heteroatoms. The minimum atomic E-state index is 0. The van der Waals surface area contributed by atoms with Gasteiger partial charge < -0.3 is 5.32 Å². The summed E-state index contributed by atoms with van der Waals surface area (Å²) in [5.74, 6) is 0. The van der Waals surface area contributed by atoms with E-state index < -0.39 is 0 Å². The highest BCUT2D eigenvalue weighted by Crippen LogP contribution is 2.13. The summed E-state index contributed by atoms with van der Waals surface area (Å²) >= 11 is 0. The fourth-order valence-electron chi connectivity index (χ4n) is 2.99. The Hall–Kier alpha value is -0.570. The molecular formula is C15H25ClN2. The molecule has 0 aliphatic carbocycles. The zero-order chi connectivity index (χ0) is 12.4. The highest BCUT2D eigenvalue weighted by Gasteiger charge is 2.20. The van der Waals surface area contributed by atoms with Gasteiger partial charge in [0, 0.05) is 31.7 Å². The lowest BCUT2D eigenvalue weighted by molar-refractivity contribution is 0.166. The van der Waals surface area contributed by atoms with E-state index in [-0.39, 0.29) is 12.4 Å². The SMILES string of the molecule is Cc1cc(C)cc(CN2CC(C)NC(C)C2)c1.Cl. The third kappa shape index (κ3) is 4.27. The monoisotopic (exact) mass is 268 g/mol. The molecule has 102 valence electrons. The molecule has 1 aromatic rings. The molecule has 1 heterocycles. The third-order valence-corrected chi connectivity index (χ3v) is 3.32. The van der Waals surface area contributed by atoms with Crippen LogP contribution in [0.1, 0.15) is 30.5 Å². The van der Waals surface area contributed by atoms with Gasteiger partial charge in [-0.15, -0.1) is 12.4 Å². The number of aryl methyl sites for hydroxylation is 2. The van der Waals surface area contributed by atoms with Crippen molar-refractivity contribution in [2.45, 2.75) is 46.3 Å². The van der Waals surface area contributed by atoms with Gasteiger partial charge in [-0.3, -0.25) is 4.90 Å². The average molecular weight is 269 g/mol. The van der Waals surface area contributed by atoms with Crippen LogP contribution in [0.3, 0.4) is 0 Å². The van der Waals surface area contributed by atoms with Crippen LogP contribution < -0.4 is 5.32 Å². The molecule has 2 nitrogen and oxygen atoms in total. The summed E-state index contributed by atoms with van der Waals surface area (Å²) in [6.45, 7) is 12.3. The Morgan fingerprint density at radius 2 is 1.56 bits per heavy atom. The minimum absolute atomic E-state index is 0. The zero-order valence-corrected chi connectivity index (χ0v) is 12.7. The lowest BCUT2D eigenvalue weighted by atomic mass is 10.1. The summed E-state index contributed by atoms with van der Waals surface area (Å²) in [6.07, 6.45) is 0. The normalized spacial score (nSPS) is 24.7. The van der Waals surface area contributed by atoms with Crippen LogP contribution in [-0.4, -0.2) is 30.1 Å². The van der Waals surface area contributed by atoms with Gasteiger partial charge in [0.05, 0.1) is 0 Å². The van der Waals surface area contributed by atoms with Crippen LogP contribution in [0.15, 0.2) is 18.2 Å². The van der Waals surface area contributed by atoms with Crippen LogP contribution in [0.4, 0.5) is 0 Å². The van der Waals surface area contributed by atoms with Crippen molar-refractivity contribution in [3.63, 3.8) is 0 Å². The maximum absolute atomic E-state index is 3.58. The van der Waals surface area contributed by atoms with E-state index in [1.807, 2.05) is 0 Å². The van der Waals surface area contributed by atoms with E-state index in [1.165, 1.54) is 16.7 Å². The summed E-state index contributed by atoms with van der Waals surface area (Å²) in [6, 6.07) is 8.07. The number of halogens is 1. The van der Waals surface area contributed by atoms with E-state index in [4.69, 9.17) is 0 Å². The first-order valence-corrected chi connectivity index (χ1v) is 6.58. The van der Waals surface area contributed by atoms with Gasteiger partial charge in [-0.2, -0.15) is 0 Å². The molecule has 0 spiro atoms. The lowest BCUT2D eigenvalue weighted by Crippen LogP contribution is -2.53. The van der Waals surface area contributed by atoms with E-state index in [0.29, 0.717) is 12.1 Å². The van der Waals surface area contributed by atoms with E-state index in [2.05, 4.69) is 56.1 Å². The van der Waals surface area contributed by atoms with Gasteiger partial charge in [0.25, 0.3) is 0 Å². The van der Waals surface area contributed by atoms with Gasteiger partial charge >= 0.3 is 0 Å². The van der Waals surface area contributed by atoms with E-state index in [0.717, 1.165) is 19.6 Å². The predicted octanol–water partition coefficient (Wildman–Crippen LogP) is 2.91. The largest absolute Gasteiger partial charge is 0.309 e. The minimum Gasteiger partial charge on any atom is -0.309 e. The number of nitrogens with one attached hydrogen (secondary N) is 1. The molecule has 18 heavy (non-hydrogen) atoms. The Balaban J connectivity index is 0.00000162. The summed E-state index contributed by atoms with van der Waals surface area (Å²) in [5, 5.41) is 3.58. The molecule has 0 bridgehead atoms. The van der Waals surface area contributed by atoms with Crippen molar-refractivity contribution in [1.82, 2.24) is 10.2 Å². The summed E-state index contributed by atoms with van der Waals surface area (Å²) in [5.41, 5.74) is 4.19. The van der Waals surface area contributed by atoms with E-state index in [9.17, 15) is 0 Å². The van der Waals surface area contributed by atoms with Crippen molar-refractivity contribution in [2.24, 2.45) is 0 Å². The first kappa shape index (κ1) is 15.5. The van der Waals surface area contributed by atoms with Crippen molar-refractivity contribution in [3.05, 3.63) is 34.9 Å². The molecule has 1 aliphatic rings.